The van der Waals surface area contributed by atoms with E-state index in [4.69, 9.17) is 5.73 Å². The first-order chi connectivity index (χ1) is 11.0. The number of hydrogen-bond acceptors (Lipinski definition) is 4. The lowest BCUT2D eigenvalue weighted by Gasteiger charge is -2.33. The number of nitrogens with one attached hydrogen (secondary N) is 1. The van der Waals surface area contributed by atoms with Gasteiger partial charge in [-0.05, 0) is 24.2 Å². The molecule has 0 unspecified atom stereocenters. The third-order valence-corrected chi connectivity index (χ3v) is 4.81. The van der Waals surface area contributed by atoms with Gasteiger partial charge >= 0.3 is 5.97 Å². The first kappa shape index (κ1) is 20.4. The Hall–Kier alpha value is -1.63. The molecule has 0 bridgehead atoms. The minimum absolute atomic E-state index is 0.186. The summed E-state index contributed by atoms with van der Waals surface area (Å²) in [5.74, 6) is -1.90. The van der Waals surface area contributed by atoms with Gasteiger partial charge < -0.3 is 21.1 Å². The molecule has 1 fully saturated rings. The molecule has 7 nitrogen and oxygen atoms in total. The number of carboxylic acids is 1. The molecule has 4 N–H and O–H groups in total. The molecule has 0 saturated carbocycles. The average molecular weight is 341 g/mol. The summed E-state index contributed by atoms with van der Waals surface area (Å²) < 4.78 is 0. The number of nitrogens with two attached hydrogens (primary N) is 1. The van der Waals surface area contributed by atoms with Crippen LogP contribution in [0.2, 0.25) is 0 Å². The van der Waals surface area contributed by atoms with Crippen LogP contribution in [-0.4, -0.2) is 52.5 Å². The van der Waals surface area contributed by atoms with Crippen molar-refractivity contribution in [3.63, 3.8) is 0 Å². The molecule has 0 aromatic heterocycles. The van der Waals surface area contributed by atoms with E-state index in [1.54, 1.807) is 6.92 Å². The Morgan fingerprint density at radius 1 is 1.33 bits per heavy atom. The third-order valence-electron chi connectivity index (χ3n) is 4.81. The number of carboxylic acid groups (broad SMARTS) is 1. The molecule has 0 aromatic carbocycles. The third kappa shape index (κ3) is 4.69. The zero-order valence-electron chi connectivity index (χ0n) is 15.3. The quantitative estimate of drug-likeness (QED) is 0.666. The van der Waals surface area contributed by atoms with Crippen molar-refractivity contribution >= 4 is 17.8 Å². The van der Waals surface area contributed by atoms with Crippen LogP contribution in [-0.2, 0) is 14.4 Å². The number of aliphatic carboxylic acids is 1. The first-order valence-corrected chi connectivity index (χ1v) is 8.60. The topological polar surface area (TPSA) is 113 Å². The summed E-state index contributed by atoms with van der Waals surface area (Å²) >= 11 is 0. The molecule has 2 amide bonds. The van der Waals surface area contributed by atoms with Gasteiger partial charge in [0.1, 0.15) is 12.1 Å². The van der Waals surface area contributed by atoms with Crippen LogP contribution in [0.25, 0.3) is 0 Å². The minimum Gasteiger partial charge on any atom is -0.480 e. The van der Waals surface area contributed by atoms with Gasteiger partial charge in [-0.3, -0.25) is 9.59 Å². The van der Waals surface area contributed by atoms with Crippen molar-refractivity contribution in [2.45, 2.75) is 72.0 Å². The van der Waals surface area contributed by atoms with Gasteiger partial charge in [0, 0.05) is 6.54 Å². The van der Waals surface area contributed by atoms with E-state index >= 15 is 0 Å². The van der Waals surface area contributed by atoms with Crippen LogP contribution in [0.4, 0.5) is 0 Å². The van der Waals surface area contributed by atoms with Gasteiger partial charge in [0.25, 0.3) is 0 Å². The molecule has 1 aliphatic heterocycles. The van der Waals surface area contributed by atoms with Gasteiger partial charge in [-0.1, -0.05) is 41.0 Å². The fourth-order valence-corrected chi connectivity index (χ4v) is 2.78. The maximum absolute atomic E-state index is 12.6. The number of hydrogen-bond donors (Lipinski definition) is 3. The van der Waals surface area contributed by atoms with E-state index < -0.39 is 35.4 Å². The second-order valence-corrected chi connectivity index (χ2v) is 7.74. The van der Waals surface area contributed by atoms with Crippen LogP contribution >= 0.6 is 0 Å². The minimum atomic E-state index is -1.06. The van der Waals surface area contributed by atoms with Crippen molar-refractivity contribution in [1.29, 1.82) is 0 Å². The van der Waals surface area contributed by atoms with Crippen molar-refractivity contribution in [2.24, 2.45) is 17.1 Å². The van der Waals surface area contributed by atoms with Crippen LogP contribution in [0.15, 0.2) is 0 Å². The Labute approximate surface area is 144 Å². The largest absolute Gasteiger partial charge is 0.480 e. The molecule has 7 heteroatoms. The lowest BCUT2D eigenvalue weighted by Crippen LogP contribution is -2.57. The van der Waals surface area contributed by atoms with Crippen molar-refractivity contribution in [3.8, 4) is 0 Å². The van der Waals surface area contributed by atoms with Crippen molar-refractivity contribution in [3.05, 3.63) is 0 Å². The lowest BCUT2D eigenvalue weighted by molar-refractivity contribution is -0.145. The lowest BCUT2D eigenvalue weighted by atomic mass is 9.86. The van der Waals surface area contributed by atoms with Crippen molar-refractivity contribution in [2.75, 3.05) is 6.54 Å². The molecular formula is C17H31N3O4. The number of rotatable bonds is 6. The number of nitrogens with zero attached hydrogens (tertiary/aromatic N) is 1. The first-order valence-electron chi connectivity index (χ1n) is 8.60. The zero-order valence-corrected chi connectivity index (χ0v) is 15.3. The second-order valence-electron chi connectivity index (χ2n) is 7.74. The molecule has 0 aromatic rings. The standard InChI is InChI=1S/C17H31N3O4/c1-6-10(2)12(16(23)24)19-14(21)11-8-7-9-20(11)15(22)13(18)17(3,4)5/h10-13H,6-9,18H2,1-5H3,(H,19,21)(H,23,24)/t10-,11-,12-,13+/m0/s1. The van der Waals surface area contributed by atoms with Crippen LogP contribution < -0.4 is 11.1 Å². The predicted octanol–water partition coefficient (Wildman–Crippen LogP) is 0.966. The Morgan fingerprint density at radius 2 is 1.92 bits per heavy atom. The van der Waals surface area contributed by atoms with Crippen LogP contribution in [0.1, 0.15) is 53.9 Å². The molecule has 138 valence electrons. The molecule has 0 spiro atoms. The second kappa shape index (κ2) is 7.96. The van der Waals surface area contributed by atoms with Crippen LogP contribution in [0.5, 0.6) is 0 Å². The van der Waals surface area contributed by atoms with Crippen molar-refractivity contribution in [1.82, 2.24) is 10.2 Å². The Morgan fingerprint density at radius 3 is 2.38 bits per heavy atom. The predicted molar refractivity (Wildman–Crippen MR) is 91.2 cm³/mol. The van der Waals surface area contributed by atoms with E-state index in [9.17, 15) is 19.5 Å². The Kier molecular flexibility index (Phi) is 6.77. The van der Waals surface area contributed by atoms with E-state index in [0.29, 0.717) is 25.8 Å². The molecule has 0 aliphatic carbocycles. The fraction of sp³-hybridized carbons (Fsp3) is 0.824. The summed E-state index contributed by atoms with van der Waals surface area (Å²) in [5, 5.41) is 11.9. The summed E-state index contributed by atoms with van der Waals surface area (Å²) in [6.07, 6.45) is 1.88. The van der Waals surface area contributed by atoms with Crippen LogP contribution in [0, 0.1) is 11.3 Å². The van der Waals surface area contributed by atoms with Gasteiger partial charge in [0.05, 0.1) is 6.04 Å². The molecule has 1 saturated heterocycles. The van der Waals surface area contributed by atoms with Gasteiger partial charge in [0.2, 0.25) is 11.8 Å². The van der Waals surface area contributed by atoms with Gasteiger partial charge in [-0.25, -0.2) is 4.79 Å². The van der Waals surface area contributed by atoms with Crippen molar-refractivity contribution < 1.29 is 19.5 Å². The number of likely N-dealkylation sites (tertiary alicyclic amines) is 1. The molecule has 1 rings (SSSR count). The smallest absolute Gasteiger partial charge is 0.326 e. The highest BCUT2D eigenvalue weighted by Crippen LogP contribution is 2.24. The van der Waals surface area contributed by atoms with E-state index in [2.05, 4.69) is 5.32 Å². The SMILES string of the molecule is CC[C@H](C)[C@H](NC(=O)[C@@H]1CCCN1C(=O)[C@@H](N)C(C)(C)C)C(=O)O. The van der Waals surface area contributed by atoms with Crippen LogP contribution in [0.3, 0.4) is 0 Å². The van der Waals surface area contributed by atoms with Gasteiger partial charge in [-0.15, -0.1) is 0 Å². The fourth-order valence-electron chi connectivity index (χ4n) is 2.78. The summed E-state index contributed by atoms with van der Waals surface area (Å²) in [6.45, 7) is 9.77. The highest BCUT2D eigenvalue weighted by molar-refractivity contribution is 5.92. The molecule has 4 atom stereocenters. The molecular weight excluding hydrogens is 310 g/mol. The van der Waals surface area contributed by atoms with E-state index in [1.807, 2.05) is 27.7 Å². The molecule has 24 heavy (non-hydrogen) atoms. The summed E-state index contributed by atoms with van der Waals surface area (Å²) in [7, 11) is 0. The maximum Gasteiger partial charge on any atom is 0.326 e. The summed E-state index contributed by atoms with van der Waals surface area (Å²) in [5.41, 5.74) is 5.64. The van der Waals surface area contributed by atoms with E-state index in [-0.39, 0.29) is 11.8 Å². The molecule has 1 heterocycles. The summed E-state index contributed by atoms with van der Waals surface area (Å²) in [6, 6.07) is -2.29. The Balaban J connectivity index is 2.86. The summed E-state index contributed by atoms with van der Waals surface area (Å²) in [4.78, 5) is 38.1. The zero-order chi connectivity index (χ0) is 18.7. The van der Waals surface area contributed by atoms with Gasteiger partial charge in [0.15, 0.2) is 0 Å². The number of amides is 2. The molecule has 0 radical (unpaired) electrons. The highest BCUT2D eigenvalue weighted by Gasteiger charge is 2.40. The number of carbonyl (C=O) groups excluding carboxylic acids is 2. The van der Waals surface area contributed by atoms with E-state index in [1.165, 1.54) is 4.90 Å². The van der Waals surface area contributed by atoms with E-state index in [0.717, 1.165) is 0 Å². The maximum atomic E-state index is 12.6. The normalized spacial score (nSPS) is 21.9. The monoisotopic (exact) mass is 341 g/mol. The van der Waals surface area contributed by atoms with Gasteiger partial charge in [-0.2, -0.15) is 0 Å². The Bertz CT molecular complexity index is 487. The highest BCUT2D eigenvalue weighted by atomic mass is 16.4. The number of carbonyl (C=O) groups is 3. The average Bonchev–Trinajstić information content (AvgIpc) is 2.98. The molecule has 1 aliphatic rings.